The highest BCUT2D eigenvalue weighted by molar-refractivity contribution is 6.73. The molecule has 14 heavy (non-hydrogen) atoms. The van der Waals surface area contributed by atoms with Crippen LogP contribution in [0, 0.1) is 0 Å². The van der Waals surface area contributed by atoms with Crippen molar-refractivity contribution >= 4 is 8.32 Å². The van der Waals surface area contributed by atoms with Gasteiger partial charge in [0.15, 0.2) is 0 Å². The smallest absolute Gasteiger partial charge is 0.240 e. The van der Waals surface area contributed by atoms with Crippen LogP contribution >= 0.6 is 0 Å². The van der Waals surface area contributed by atoms with Crippen LogP contribution in [0.15, 0.2) is 0 Å². The summed E-state index contributed by atoms with van der Waals surface area (Å²) in [6.07, 6.45) is 8.79. The fourth-order valence-corrected chi connectivity index (χ4v) is 7.23. The summed E-state index contributed by atoms with van der Waals surface area (Å²) in [6, 6.07) is 2.07. The summed E-state index contributed by atoms with van der Waals surface area (Å²) >= 11 is 0. The first-order chi connectivity index (χ1) is 6.73. The van der Waals surface area contributed by atoms with E-state index in [1.54, 1.807) is 0 Å². The fourth-order valence-electron chi connectivity index (χ4n) is 3.01. The predicted molar refractivity (Wildman–Crippen MR) is 63.5 cm³/mol. The molecule has 0 amide bonds. The minimum Gasteiger partial charge on any atom is -0.297 e. The molecule has 0 aromatic rings. The summed E-state index contributed by atoms with van der Waals surface area (Å²) in [6.45, 7) is 4.36. The highest BCUT2D eigenvalue weighted by Crippen LogP contribution is 2.41. The van der Waals surface area contributed by atoms with Gasteiger partial charge in [-0.2, -0.15) is 0 Å². The Hall–Kier alpha value is 0.177. The molecule has 0 saturated heterocycles. The van der Waals surface area contributed by atoms with E-state index in [-0.39, 0.29) is 0 Å². The Labute approximate surface area is 90.0 Å². The lowest BCUT2D eigenvalue weighted by Crippen LogP contribution is -2.39. The SMILES string of the molecule is CCC[Si]([O])(CCC)C1CCCCC1. The van der Waals surface area contributed by atoms with E-state index >= 15 is 0 Å². The molecule has 0 heterocycles. The van der Waals surface area contributed by atoms with Gasteiger partial charge >= 0.3 is 0 Å². The van der Waals surface area contributed by atoms with E-state index in [0.29, 0.717) is 5.54 Å². The molecule has 1 saturated carbocycles. The van der Waals surface area contributed by atoms with Crippen LogP contribution in [0.25, 0.3) is 0 Å². The first kappa shape index (κ1) is 12.2. The minimum absolute atomic E-state index is 0.621. The van der Waals surface area contributed by atoms with Gasteiger partial charge in [-0.05, 0) is 17.6 Å². The Morgan fingerprint density at radius 1 is 1.00 bits per heavy atom. The second kappa shape index (κ2) is 5.91. The highest BCUT2D eigenvalue weighted by atomic mass is 28.4. The molecule has 0 aromatic heterocycles. The van der Waals surface area contributed by atoms with Crippen molar-refractivity contribution in [2.24, 2.45) is 0 Å². The minimum atomic E-state index is -2.10. The standard InChI is InChI=1S/C12H25OSi/c1-3-10-14(13,11-4-2)12-8-6-5-7-9-12/h12H,3-11H2,1-2H3. The van der Waals surface area contributed by atoms with Gasteiger partial charge in [0.1, 0.15) is 0 Å². The van der Waals surface area contributed by atoms with Crippen molar-refractivity contribution in [1.82, 2.24) is 0 Å². The van der Waals surface area contributed by atoms with Crippen molar-refractivity contribution in [3.8, 4) is 0 Å². The molecule has 1 fully saturated rings. The molecule has 0 atom stereocenters. The molecule has 1 aliphatic carbocycles. The molecule has 83 valence electrons. The van der Waals surface area contributed by atoms with Crippen LogP contribution in [-0.4, -0.2) is 8.32 Å². The van der Waals surface area contributed by atoms with Crippen molar-refractivity contribution in [1.29, 1.82) is 0 Å². The molecule has 1 rings (SSSR count). The van der Waals surface area contributed by atoms with Gasteiger partial charge in [-0.15, -0.1) is 0 Å². The lowest BCUT2D eigenvalue weighted by molar-refractivity contribution is 0.358. The summed E-state index contributed by atoms with van der Waals surface area (Å²) in [5.41, 5.74) is 0.621. The predicted octanol–water partition coefficient (Wildman–Crippen LogP) is 4.52. The van der Waals surface area contributed by atoms with Gasteiger partial charge in [-0.3, -0.25) is 4.80 Å². The van der Waals surface area contributed by atoms with Gasteiger partial charge in [0.2, 0.25) is 8.32 Å². The Balaban J connectivity index is 2.54. The van der Waals surface area contributed by atoms with Crippen LogP contribution < -0.4 is 0 Å². The van der Waals surface area contributed by atoms with Gasteiger partial charge in [-0.25, -0.2) is 0 Å². The fraction of sp³-hybridized carbons (Fsp3) is 1.00. The Bertz CT molecular complexity index is 146. The monoisotopic (exact) mass is 213 g/mol. The lowest BCUT2D eigenvalue weighted by atomic mass is 10.0. The van der Waals surface area contributed by atoms with E-state index in [4.69, 9.17) is 0 Å². The van der Waals surface area contributed by atoms with Crippen LogP contribution in [0.5, 0.6) is 0 Å². The molecule has 0 spiro atoms. The molecule has 0 N–H and O–H groups in total. The molecule has 0 aromatic carbocycles. The Kier molecular flexibility index (Phi) is 5.17. The van der Waals surface area contributed by atoms with Crippen LogP contribution in [-0.2, 0) is 4.80 Å². The van der Waals surface area contributed by atoms with Gasteiger partial charge in [0.25, 0.3) is 0 Å². The van der Waals surface area contributed by atoms with Crippen LogP contribution in [0.1, 0.15) is 58.8 Å². The maximum absolute atomic E-state index is 12.8. The Morgan fingerprint density at radius 3 is 1.93 bits per heavy atom. The molecular formula is C12H25OSi. The van der Waals surface area contributed by atoms with E-state index in [1.165, 1.54) is 32.1 Å². The van der Waals surface area contributed by atoms with Crippen molar-refractivity contribution in [2.45, 2.75) is 76.4 Å². The third-order valence-corrected chi connectivity index (χ3v) is 8.45. The summed E-state index contributed by atoms with van der Waals surface area (Å²) in [5, 5.41) is 0. The maximum Gasteiger partial charge on any atom is 0.240 e. The van der Waals surface area contributed by atoms with E-state index in [2.05, 4.69) is 13.8 Å². The molecule has 0 aliphatic heterocycles. The summed E-state index contributed by atoms with van der Waals surface area (Å²) in [5.74, 6) is 0. The quantitative estimate of drug-likeness (QED) is 0.599. The van der Waals surface area contributed by atoms with E-state index in [9.17, 15) is 4.80 Å². The third kappa shape index (κ3) is 3.09. The average Bonchev–Trinajstić information content (AvgIpc) is 2.20. The molecular weight excluding hydrogens is 188 g/mol. The summed E-state index contributed by atoms with van der Waals surface area (Å²) in [7, 11) is -2.10. The summed E-state index contributed by atoms with van der Waals surface area (Å²) in [4.78, 5) is 12.8. The van der Waals surface area contributed by atoms with E-state index in [1.807, 2.05) is 0 Å². The molecule has 1 radical (unpaired) electrons. The average molecular weight is 213 g/mol. The van der Waals surface area contributed by atoms with E-state index in [0.717, 1.165) is 24.9 Å². The second-order valence-electron chi connectivity index (χ2n) is 4.90. The van der Waals surface area contributed by atoms with Crippen molar-refractivity contribution in [2.75, 3.05) is 0 Å². The van der Waals surface area contributed by atoms with Crippen molar-refractivity contribution < 1.29 is 4.80 Å². The van der Waals surface area contributed by atoms with Gasteiger partial charge < -0.3 is 0 Å². The maximum atomic E-state index is 12.8. The first-order valence-electron chi connectivity index (χ1n) is 6.43. The molecule has 1 nitrogen and oxygen atoms in total. The zero-order chi connectivity index (χ0) is 10.4. The molecule has 0 unspecified atom stereocenters. The second-order valence-corrected chi connectivity index (χ2v) is 8.85. The van der Waals surface area contributed by atoms with Crippen LogP contribution in [0.4, 0.5) is 0 Å². The zero-order valence-electron chi connectivity index (χ0n) is 9.85. The summed E-state index contributed by atoms with van der Waals surface area (Å²) < 4.78 is 0. The van der Waals surface area contributed by atoms with Crippen molar-refractivity contribution in [3.05, 3.63) is 0 Å². The van der Waals surface area contributed by atoms with Crippen LogP contribution in [0.3, 0.4) is 0 Å². The Morgan fingerprint density at radius 2 is 1.50 bits per heavy atom. The largest absolute Gasteiger partial charge is 0.297 e. The van der Waals surface area contributed by atoms with Crippen molar-refractivity contribution in [3.63, 3.8) is 0 Å². The van der Waals surface area contributed by atoms with Gasteiger partial charge in [-0.1, -0.05) is 58.8 Å². The number of rotatable bonds is 5. The molecule has 2 heteroatoms. The van der Waals surface area contributed by atoms with E-state index < -0.39 is 8.32 Å². The highest BCUT2D eigenvalue weighted by Gasteiger charge is 2.40. The normalized spacial score (nSPS) is 19.9. The third-order valence-electron chi connectivity index (χ3n) is 3.70. The number of hydrogen-bond acceptors (Lipinski definition) is 0. The lowest BCUT2D eigenvalue weighted by Gasteiger charge is -2.34. The van der Waals surface area contributed by atoms with Gasteiger partial charge in [0.05, 0.1) is 0 Å². The first-order valence-corrected chi connectivity index (χ1v) is 8.83. The topological polar surface area (TPSA) is 19.9 Å². The molecule has 1 aliphatic rings. The van der Waals surface area contributed by atoms with Gasteiger partial charge in [0, 0.05) is 0 Å². The molecule has 0 bridgehead atoms. The number of hydrogen-bond donors (Lipinski definition) is 0. The van der Waals surface area contributed by atoms with Crippen LogP contribution in [0.2, 0.25) is 17.6 Å². The zero-order valence-corrected chi connectivity index (χ0v) is 10.8.